The lowest BCUT2D eigenvalue weighted by molar-refractivity contribution is -0.123. The number of ketones is 2. The molecular formula is C31H28BNO9. The second-order valence-electron chi connectivity index (χ2n) is 11.0. The monoisotopic (exact) mass is 569 g/mol. The molecule has 1 fully saturated rings. The van der Waals surface area contributed by atoms with Crippen LogP contribution in [0.15, 0.2) is 70.8 Å². The van der Waals surface area contributed by atoms with E-state index in [2.05, 4.69) is 0 Å². The smallest absolute Gasteiger partial charge is 0.488 e. The van der Waals surface area contributed by atoms with Crippen molar-refractivity contribution < 1.29 is 43.8 Å². The fourth-order valence-corrected chi connectivity index (χ4v) is 6.98. The molecule has 2 amide bonds. The van der Waals surface area contributed by atoms with Gasteiger partial charge >= 0.3 is 7.12 Å². The molecule has 0 unspecified atom stereocenters. The highest BCUT2D eigenvalue weighted by Crippen LogP contribution is 2.58. The Kier molecular flexibility index (Phi) is 6.66. The highest BCUT2D eigenvalue weighted by atomic mass is 16.5. The summed E-state index contributed by atoms with van der Waals surface area (Å²) in [6, 6.07) is 8.76. The maximum absolute atomic E-state index is 14.1. The van der Waals surface area contributed by atoms with Gasteiger partial charge in [0.2, 0.25) is 11.8 Å². The van der Waals surface area contributed by atoms with Crippen LogP contribution in [-0.2, 0) is 19.2 Å². The lowest BCUT2D eigenvalue weighted by Gasteiger charge is -2.42. The minimum atomic E-state index is -1.78. The van der Waals surface area contributed by atoms with Crippen LogP contribution in [0.5, 0.6) is 17.2 Å². The Hall–Kier alpha value is -4.48. The lowest BCUT2D eigenvalue weighted by atomic mass is 9.59. The van der Waals surface area contributed by atoms with Gasteiger partial charge < -0.3 is 24.6 Å². The van der Waals surface area contributed by atoms with Crippen molar-refractivity contribution in [2.75, 3.05) is 19.1 Å². The minimum absolute atomic E-state index is 0.0954. The number of amides is 2. The third-order valence-corrected chi connectivity index (χ3v) is 8.81. The topological polar surface area (TPSA) is 151 Å². The fourth-order valence-electron chi connectivity index (χ4n) is 6.98. The Bertz CT molecular complexity index is 1640. The van der Waals surface area contributed by atoms with Crippen LogP contribution in [0, 0.1) is 17.8 Å². The number of methoxy groups -OCH3 is 2. The molecule has 1 heterocycles. The quantitative estimate of drug-likeness (QED) is 0.212. The van der Waals surface area contributed by atoms with Crippen molar-refractivity contribution in [3.05, 3.63) is 76.4 Å². The van der Waals surface area contributed by atoms with E-state index < -0.39 is 42.6 Å². The van der Waals surface area contributed by atoms with E-state index in [9.17, 15) is 34.3 Å². The van der Waals surface area contributed by atoms with Gasteiger partial charge in [0, 0.05) is 40.3 Å². The largest absolute Gasteiger partial charge is 0.508 e. The van der Waals surface area contributed by atoms with Crippen molar-refractivity contribution in [2.24, 2.45) is 17.8 Å². The van der Waals surface area contributed by atoms with Gasteiger partial charge in [-0.2, -0.15) is 0 Å². The predicted octanol–water partition coefficient (Wildman–Crippen LogP) is 1.72. The number of imide groups is 1. The molecule has 42 heavy (non-hydrogen) atoms. The Labute approximate surface area is 241 Å². The molecule has 1 saturated heterocycles. The fraction of sp³-hybridized carbons (Fsp3) is 0.290. The van der Waals surface area contributed by atoms with Crippen LogP contribution in [0.2, 0.25) is 0 Å². The number of allylic oxidation sites excluding steroid dienone is 6. The van der Waals surface area contributed by atoms with Crippen LogP contribution in [0.25, 0.3) is 0 Å². The number of hydrogen-bond donors (Lipinski definition) is 3. The standard InChI is InChI=1S/C31H28BNO9/c1-14-9-22(35)21-13-20-18(26(27(21)29(14)36)28-23(41-2)11-17(34)12-24(28)42-3)7-8-19-25(20)31(38)33(30(19)37)16-6-4-5-15(10-16)32(39)40/h4-7,9-12,19-20,25-26,34,39-40H,8,13H2,1-3H3/t19-,20+,25-,26-/m0/s1. The minimum Gasteiger partial charge on any atom is -0.508 e. The second-order valence-corrected chi connectivity index (χ2v) is 11.0. The molecule has 6 rings (SSSR count). The molecule has 214 valence electrons. The highest BCUT2D eigenvalue weighted by Gasteiger charge is 2.57. The van der Waals surface area contributed by atoms with E-state index in [1.165, 1.54) is 50.6 Å². The second kappa shape index (κ2) is 10.1. The van der Waals surface area contributed by atoms with E-state index in [1.807, 2.05) is 6.08 Å². The molecule has 1 aliphatic heterocycles. The summed E-state index contributed by atoms with van der Waals surface area (Å²) in [5, 5.41) is 29.6. The number of hydrogen-bond acceptors (Lipinski definition) is 9. The summed E-state index contributed by atoms with van der Waals surface area (Å²) in [6.07, 6.45) is 3.50. The van der Waals surface area contributed by atoms with Gasteiger partial charge in [-0.05, 0) is 49.4 Å². The molecule has 2 aromatic rings. The molecular weight excluding hydrogens is 541 g/mol. The Balaban J connectivity index is 1.52. The predicted molar refractivity (Wildman–Crippen MR) is 151 cm³/mol. The number of aromatic hydroxyl groups is 1. The third kappa shape index (κ3) is 4.03. The first-order valence-electron chi connectivity index (χ1n) is 13.6. The summed E-state index contributed by atoms with van der Waals surface area (Å²) in [5.74, 6) is -4.07. The van der Waals surface area contributed by atoms with E-state index in [-0.39, 0.29) is 69.5 Å². The van der Waals surface area contributed by atoms with Crippen molar-refractivity contribution in [3.8, 4) is 17.2 Å². The van der Waals surface area contributed by atoms with Crippen LogP contribution in [-0.4, -0.2) is 59.9 Å². The number of rotatable bonds is 5. The van der Waals surface area contributed by atoms with Gasteiger partial charge in [0.1, 0.15) is 17.2 Å². The van der Waals surface area contributed by atoms with Crippen molar-refractivity contribution in [2.45, 2.75) is 25.7 Å². The van der Waals surface area contributed by atoms with E-state index in [0.717, 1.165) is 4.90 Å². The molecule has 0 bridgehead atoms. The van der Waals surface area contributed by atoms with Crippen LogP contribution in [0.3, 0.4) is 0 Å². The van der Waals surface area contributed by atoms with Gasteiger partial charge in [-0.3, -0.25) is 24.1 Å². The summed E-state index contributed by atoms with van der Waals surface area (Å²) < 4.78 is 11.3. The first-order valence-corrected chi connectivity index (χ1v) is 13.6. The van der Waals surface area contributed by atoms with Crippen molar-refractivity contribution in [3.63, 3.8) is 0 Å². The molecule has 0 spiro atoms. The number of Topliss-reactive ketones (excluding diaryl/α,β-unsaturated/α-hetero) is 1. The number of anilines is 1. The summed E-state index contributed by atoms with van der Waals surface area (Å²) >= 11 is 0. The number of carbonyl (C=O) groups excluding carboxylic acids is 4. The number of phenols is 1. The number of phenolic OH excluding ortho intramolecular Hbond substituents is 1. The molecule has 4 aliphatic rings. The number of carbonyl (C=O) groups is 4. The number of ether oxygens (including phenoxy) is 2. The molecule has 11 heteroatoms. The number of benzene rings is 2. The number of fused-ring (bicyclic) bond motifs is 3. The van der Waals surface area contributed by atoms with Gasteiger partial charge in [0.05, 0.1) is 31.7 Å². The van der Waals surface area contributed by atoms with Gasteiger partial charge in [-0.25, -0.2) is 0 Å². The molecule has 0 aromatic heterocycles. The summed E-state index contributed by atoms with van der Waals surface area (Å²) in [5.41, 5.74) is 2.35. The van der Waals surface area contributed by atoms with E-state index >= 15 is 0 Å². The zero-order valence-electron chi connectivity index (χ0n) is 23.2. The molecule has 0 saturated carbocycles. The van der Waals surface area contributed by atoms with Crippen molar-refractivity contribution in [1.29, 1.82) is 0 Å². The molecule has 3 N–H and O–H groups in total. The van der Waals surface area contributed by atoms with Gasteiger partial charge in [0.15, 0.2) is 11.6 Å². The van der Waals surface area contributed by atoms with Crippen LogP contribution < -0.4 is 19.8 Å². The van der Waals surface area contributed by atoms with E-state index in [1.54, 1.807) is 13.0 Å². The number of nitrogens with zero attached hydrogens (tertiary/aromatic N) is 1. The van der Waals surface area contributed by atoms with Crippen LogP contribution >= 0.6 is 0 Å². The van der Waals surface area contributed by atoms with Gasteiger partial charge in [-0.1, -0.05) is 23.8 Å². The zero-order valence-corrected chi connectivity index (χ0v) is 23.2. The summed E-state index contributed by atoms with van der Waals surface area (Å²) in [6.45, 7) is 1.58. The van der Waals surface area contributed by atoms with Gasteiger partial charge in [-0.15, -0.1) is 0 Å². The highest BCUT2D eigenvalue weighted by molar-refractivity contribution is 6.58. The molecule has 4 atom stereocenters. The van der Waals surface area contributed by atoms with E-state index in [4.69, 9.17) is 9.47 Å². The average Bonchev–Trinajstić information content (AvgIpc) is 3.23. The molecule has 10 nitrogen and oxygen atoms in total. The van der Waals surface area contributed by atoms with Crippen molar-refractivity contribution in [1.82, 2.24) is 0 Å². The Morgan fingerprint density at radius 2 is 1.64 bits per heavy atom. The average molecular weight is 569 g/mol. The zero-order chi connectivity index (χ0) is 30.0. The third-order valence-electron chi connectivity index (χ3n) is 8.81. The molecule has 2 aromatic carbocycles. The first-order chi connectivity index (χ1) is 20.1. The van der Waals surface area contributed by atoms with E-state index in [0.29, 0.717) is 11.1 Å². The van der Waals surface area contributed by atoms with Gasteiger partial charge in [0.25, 0.3) is 0 Å². The SMILES string of the molecule is COc1cc(O)cc(OC)c1[C@H]1C2=CC[C@@H]3C(=O)N(c4cccc(B(O)O)c4)C(=O)[C@@H]3[C@@H]2CC2=C1C(=O)C(C)=CC2=O. The maximum Gasteiger partial charge on any atom is 0.488 e. The molecule has 3 aliphatic carbocycles. The van der Waals surface area contributed by atoms with Crippen molar-refractivity contribution >= 4 is 41.6 Å². The van der Waals surface area contributed by atoms with Crippen LogP contribution in [0.4, 0.5) is 5.69 Å². The Morgan fingerprint density at radius 3 is 2.29 bits per heavy atom. The Morgan fingerprint density at radius 1 is 0.952 bits per heavy atom. The molecule has 0 radical (unpaired) electrons. The summed E-state index contributed by atoms with van der Waals surface area (Å²) in [4.78, 5) is 55.9. The maximum atomic E-state index is 14.1. The van der Waals surface area contributed by atoms with Crippen LogP contribution in [0.1, 0.15) is 31.2 Å². The summed E-state index contributed by atoms with van der Waals surface area (Å²) in [7, 11) is 1.07. The first kappa shape index (κ1) is 27.7. The lowest BCUT2D eigenvalue weighted by Crippen LogP contribution is -2.40. The normalized spacial score (nSPS) is 25.0.